The summed E-state index contributed by atoms with van der Waals surface area (Å²) in [6.07, 6.45) is 6.07. The number of nitrogens with zero attached hydrogens (tertiary/aromatic N) is 2. The minimum absolute atomic E-state index is 0.0307. The van der Waals surface area contributed by atoms with Gasteiger partial charge in [-0.1, -0.05) is 49.2 Å². The van der Waals surface area contributed by atoms with Crippen LogP contribution in [0.2, 0.25) is 5.02 Å². The number of anilines is 1. The highest BCUT2D eigenvalue weighted by atomic mass is 35.5. The van der Waals surface area contributed by atoms with Gasteiger partial charge in [-0.05, 0) is 103 Å². The van der Waals surface area contributed by atoms with Crippen LogP contribution in [0.4, 0.5) is 5.69 Å². The molecule has 1 aromatic heterocycles. The van der Waals surface area contributed by atoms with Crippen molar-refractivity contribution >= 4 is 59.5 Å². The second-order valence-corrected chi connectivity index (χ2v) is 19.0. The number of hydrogen-bond donors (Lipinski definition) is 2. The average molecular weight is 787 g/mol. The number of hydrogen-bond acceptors (Lipinski definition) is 8. The van der Waals surface area contributed by atoms with Crippen LogP contribution >= 0.6 is 11.6 Å². The Labute approximate surface area is 321 Å². The number of benzene rings is 4. The number of aromatic amines is 1. The molecule has 1 fully saturated rings. The lowest BCUT2D eigenvalue weighted by Gasteiger charge is -2.39. The summed E-state index contributed by atoms with van der Waals surface area (Å²) in [7, 11) is -7.88. The molecular weight excluding hydrogens is 744 g/mol. The highest BCUT2D eigenvalue weighted by molar-refractivity contribution is 7.91. The summed E-state index contributed by atoms with van der Waals surface area (Å²) < 4.78 is 58.9. The first-order chi connectivity index (χ1) is 25.6. The molecule has 13 heteroatoms. The van der Waals surface area contributed by atoms with Gasteiger partial charge in [0.05, 0.1) is 15.4 Å². The number of rotatable bonds is 10. The van der Waals surface area contributed by atoms with Gasteiger partial charge in [0.15, 0.2) is 9.84 Å². The zero-order valence-electron chi connectivity index (χ0n) is 30.4. The van der Waals surface area contributed by atoms with E-state index in [0.717, 1.165) is 92.0 Å². The Kier molecular flexibility index (Phi) is 10.4. The third-order valence-electron chi connectivity index (χ3n) is 10.3. The fourth-order valence-corrected chi connectivity index (χ4v) is 8.97. The number of piperazine rings is 1. The van der Waals surface area contributed by atoms with Crippen molar-refractivity contribution in [2.24, 2.45) is 5.41 Å². The molecule has 1 amide bonds. The van der Waals surface area contributed by atoms with Gasteiger partial charge in [-0.2, -0.15) is 0 Å². The van der Waals surface area contributed by atoms with Gasteiger partial charge in [0.25, 0.3) is 15.9 Å². The van der Waals surface area contributed by atoms with Crippen molar-refractivity contribution in [2.75, 3.05) is 43.9 Å². The van der Waals surface area contributed by atoms with E-state index in [9.17, 15) is 21.6 Å². The molecule has 7 rings (SSSR count). The van der Waals surface area contributed by atoms with Gasteiger partial charge in [-0.15, -0.1) is 0 Å². The minimum atomic E-state index is -4.35. The van der Waals surface area contributed by atoms with Gasteiger partial charge >= 0.3 is 0 Å². The van der Waals surface area contributed by atoms with Crippen molar-refractivity contribution in [3.8, 4) is 11.5 Å². The molecule has 0 saturated carbocycles. The highest BCUT2D eigenvalue weighted by Crippen LogP contribution is 2.43. The third kappa shape index (κ3) is 8.37. The van der Waals surface area contributed by atoms with E-state index in [-0.39, 0.29) is 26.5 Å². The Morgan fingerprint density at radius 2 is 1.57 bits per heavy atom. The molecule has 54 heavy (non-hydrogen) atoms. The van der Waals surface area contributed by atoms with Crippen molar-refractivity contribution in [1.82, 2.24) is 14.6 Å². The molecule has 0 atom stereocenters. The fourth-order valence-electron chi connectivity index (χ4n) is 7.24. The van der Waals surface area contributed by atoms with Crippen molar-refractivity contribution in [3.63, 3.8) is 0 Å². The Balaban J connectivity index is 1.12. The monoisotopic (exact) mass is 786 g/mol. The topological polar surface area (TPSA) is 129 Å². The molecule has 1 aliphatic heterocycles. The average Bonchev–Trinajstić information content (AvgIpc) is 3.63. The molecule has 4 aromatic carbocycles. The molecular formula is C41H43ClN4O6S2. The summed E-state index contributed by atoms with van der Waals surface area (Å²) in [4.78, 5) is 21.3. The number of aromatic nitrogens is 1. The van der Waals surface area contributed by atoms with Crippen molar-refractivity contribution in [1.29, 1.82) is 0 Å². The number of H-pyrrole nitrogens is 1. The van der Waals surface area contributed by atoms with Gasteiger partial charge < -0.3 is 14.6 Å². The van der Waals surface area contributed by atoms with Gasteiger partial charge in [0, 0.05) is 72.9 Å². The van der Waals surface area contributed by atoms with Gasteiger partial charge in [0.1, 0.15) is 11.5 Å². The lowest BCUT2D eigenvalue weighted by molar-refractivity contribution is 0.0979. The molecule has 282 valence electrons. The van der Waals surface area contributed by atoms with Crippen molar-refractivity contribution in [2.45, 2.75) is 42.9 Å². The van der Waals surface area contributed by atoms with Gasteiger partial charge in [0.2, 0.25) is 0 Å². The zero-order chi connectivity index (χ0) is 38.3. The van der Waals surface area contributed by atoms with E-state index in [4.69, 9.17) is 16.3 Å². The lowest BCUT2D eigenvalue weighted by atomic mass is 9.72. The lowest BCUT2D eigenvalue weighted by Crippen LogP contribution is -2.47. The number of ether oxygens (including phenoxy) is 1. The smallest absolute Gasteiger partial charge is 0.268 e. The maximum absolute atomic E-state index is 13.7. The molecule has 0 bridgehead atoms. The van der Waals surface area contributed by atoms with E-state index in [1.165, 1.54) is 28.8 Å². The van der Waals surface area contributed by atoms with Crippen molar-refractivity contribution < 1.29 is 26.4 Å². The second kappa shape index (κ2) is 14.9. The minimum Gasteiger partial charge on any atom is -0.456 e. The summed E-state index contributed by atoms with van der Waals surface area (Å²) >= 11 is 6.22. The number of fused-ring (bicyclic) bond motifs is 1. The van der Waals surface area contributed by atoms with E-state index < -0.39 is 25.8 Å². The number of sulfone groups is 1. The summed E-state index contributed by atoms with van der Waals surface area (Å²) in [6.45, 7) is 8.78. The van der Waals surface area contributed by atoms with Gasteiger partial charge in [-0.25, -0.2) is 21.6 Å². The van der Waals surface area contributed by atoms with Crippen LogP contribution in [-0.2, 0) is 19.9 Å². The number of halogens is 1. The van der Waals surface area contributed by atoms with E-state index in [1.54, 1.807) is 24.4 Å². The van der Waals surface area contributed by atoms with Crippen LogP contribution in [0.5, 0.6) is 11.5 Å². The predicted octanol–water partition coefficient (Wildman–Crippen LogP) is 7.92. The first kappa shape index (κ1) is 37.7. The summed E-state index contributed by atoms with van der Waals surface area (Å²) in [5.41, 5.74) is 6.11. The van der Waals surface area contributed by atoms with Crippen LogP contribution in [0.1, 0.15) is 49.0 Å². The maximum atomic E-state index is 13.7. The highest BCUT2D eigenvalue weighted by Gasteiger charge is 2.30. The molecule has 5 aromatic rings. The van der Waals surface area contributed by atoms with Crippen LogP contribution in [0, 0.1) is 5.41 Å². The summed E-state index contributed by atoms with van der Waals surface area (Å²) in [5, 5.41) is 1.54. The SMILES string of the molecule is CC1(C)CCC(CN2CCN(c3ccc(C(=O)NS(=O)(=O)c4ccc(S(C)(=O)=O)cc4)c(Oc4cccc5[nH]ccc45)c3)CC2)=C(c2ccc(Cl)cc2)C1. The zero-order valence-corrected chi connectivity index (χ0v) is 32.8. The number of allylic oxidation sites excluding steroid dienone is 1. The van der Waals surface area contributed by atoms with E-state index in [1.807, 2.05) is 36.4 Å². The number of carbonyl (C=O) groups is 1. The number of nitrogens with one attached hydrogen (secondary N) is 2. The van der Waals surface area contributed by atoms with Crippen molar-refractivity contribution in [3.05, 3.63) is 119 Å². The van der Waals surface area contributed by atoms with Crippen LogP contribution in [-0.4, -0.2) is 71.6 Å². The van der Waals surface area contributed by atoms with E-state index in [0.29, 0.717) is 5.75 Å². The summed E-state index contributed by atoms with van der Waals surface area (Å²) in [5.74, 6) is -0.175. The first-order valence-corrected chi connectivity index (χ1v) is 21.6. The standard InChI is InChI=1S/C41H43ClN4O6S2/c1-41(2)19-17-29(36(26-41)28-7-9-30(42)10-8-28)27-45-21-23-46(24-22-45)31-11-16-35(39(25-31)52-38-6-4-5-37-34(38)18-20-43-37)40(47)44-54(50,51)33-14-12-32(13-15-33)53(3,48)49/h4-16,18,20,25,43H,17,19,21-24,26-27H2,1-3H3,(H,44,47). The van der Waals surface area contributed by atoms with E-state index >= 15 is 0 Å². The Morgan fingerprint density at radius 1 is 0.870 bits per heavy atom. The largest absolute Gasteiger partial charge is 0.456 e. The van der Waals surface area contributed by atoms with E-state index in [2.05, 4.69) is 45.5 Å². The van der Waals surface area contributed by atoms with Crippen LogP contribution in [0.25, 0.3) is 16.5 Å². The second-order valence-electron chi connectivity index (χ2n) is 14.8. The molecule has 1 saturated heterocycles. The Morgan fingerprint density at radius 3 is 2.28 bits per heavy atom. The van der Waals surface area contributed by atoms with Crippen LogP contribution in [0.15, 0.2) is 113 Å². The fraction of sp³-hybridized carbons (Fsp3) is 0.293. The summed E-state index contributed by atoms with van der Waals surface area (Å²) in [6, 6.07) is 25.5. The molecule has 1 aliphatic carbocycles. The van der Waals surface area contributed by atoms with Crippen LogP contribution in [0.3, 0.4) is 0 Å². The molecule has 2 heterocycles. The quantitative estimate of drug-likeness (QED) is 0.146. The van der Waals surface area contributed by atoms with Crippen LogP contribution < -0.4 is 14.4 Å². The predicted molar refractivity (Wildman–Crippen MR) is 214 cm³/mol. The number of carbonyl (C=O) groups excluding carboxylic acids is 1. The maximum Gasteiger partial charge on any atom is 0.268 e. The molecule has 10 nitrogen and oxygen atoms in total. The molecule has 0 unspecified atom stereocenters. The molecule has 0 radical (unpaired) electrons. The Hall–Kier alpha value is -4.62. The molecule has 0 spiro atoms. The first-order valence-electron chi connectivity index (χ1n) is 17.8. The van der Waals surface area contributed by atoms with Gasteiger partial charge in [-0.3, -0.25) is 9.69 Å². The number of amides is 1. The Bertz CT molecular complexity index is 2450. The molecule has 2 N–H and O–H groups in total. The molecule has 2 aliphatic rings. The third-order valence-corrected chi connectivity index (χ3v) is 13.0. The normalized spacial score (nSPS) is 16.8. The number of sulfonamides is 1.